The molecule has 0 fully saturated rings. The van der Waals surface area contributed by atoms with Gasteiger partial charge in [0.25, 0.3) is 5.91 Å². The number of anilines is 1. The number of halogens is 1. The Kier molecular flexibility index (Phi) is 5.72. The quantitative estimate of drug-likeness (QED) is 0.819. The average Bonchev–Trinajstić information content (AvgIpc) is 2.91. The van der Waals surface area contributed by atoms with E-state index in [-0.39, 0.29) is 5.91 Å². The van der Waals surface area contributed by atoms with E-state index in [1.54, 1.807) is 11.4 Å². The zero-order chi connectivity index (χ0) is 15.2. The van der Waals surface area contributed by atoms with E-state index in [1.807, 2.05) is 19.1 Å². The Balaban J connectivity index is 2.16. The molecule has 21 heavy (non-hydrogen) atoms. The molecule has 3 N–H and O–H groups in total. The number of benzene rings is 1. The second-order valence-corrected chi connectivity index (χ2v) is 6.05. The van der Waals surface area contributed by atoms with Crippen molar-refractivity contribution in [2.45, 2.75) is 13.3 Å². The van der Waals surface area contributed by atoms with Crippen LogP contribution >= 0.6 is 27.3 Å². The van der Waals surface area contributed by atoms with Crippen molar-refractivity contribution in [1.29, 1.82) is 0 Å². The summed E-state index contributed by atoms with van der Waals surface area (Å²) in [6.07, 6.45) is 0.680. The largest absolute Gasteiger partial charge is 0.492 e. The maximum absolute atomic E-state index is 12.2. The smallest absolute Gasteiger partial charge is 0.275 e. The van der Waals surface area contributed by atoms with Gasteiger partial charge in [-0.05, 0) is 31.7 Å². The highest BCUT2D eigenvalue weighted by Gasteiger charge is 2.13. The lowest BCUT2D eigenvalue weighted by atomic mass is 10.3. The minimum absolute atomic E-state index is 0.256. The van der Waals surface area contributed by atoms with Crippen LogP contribution in [-0.4, -0.2) is 24.0 Å². The number of amides is 1. The van der Waals surface area contributed by atoms with Crippen LogP contribution in [-0.2, 0) is 6.42 Å². The molecule has 112 valence electrons. The number of nitrogens with zero attached hydrogens (tertiary/aromatic N) is 1. The van der Waals surface area contributed by atoms with Crippen molar-refractivity contribution < 1.29 is 9.53 Å². The topological polar surface area (TPSA) is 77.2 Å². The second-order valence-electron chi connectivity index (χ2n) is 4.19. The van der Waals surface area contributed by atoms with Gasteiger partial charge in [-0.25, -0.2) is 4.98 Å². The van der Waals surface area contributed by atoms with E-state index in [0.717, 1.165) is 9.48 Å². The lowest BCUT2D eigenvalue weighted by molar-refractivity contribution is 0.102. The number of nitrogens with two attached hydrogens (primary N) is 1. The van der Waals surface area contributed by atoms with Gasteiger partial charge in [0, 0.05) is 16.3 Å². The molecule has 0 saturated carbocycles. The van der Waals surface area contributed by atoms with Gasteiger partial charge in [-0.2, -0.15) is 0 Å². The number of hydrogen-bond acceptors (Lipinski definition) is 5. The molecule has 0 spiro atoms. The molecule has 0 saturated heterocycles. The van der Waals surface area contributed by atoms with E-state index in [1.165, 1.54) is 11.3 Å². The molecule has 5 nitrogen and oxygen atoms in total. The third kappa shape index (κ3) is 4.26. The summed E-state index contributed by atoms with van der Waals surface area (Å²) in [6, 6.07) is 5.48. The van der Waals surface area contributed by atoms with Crippen molar-refractivity contribution in [3.63, 3.8) is 0 Å². The highest BCUT2D eigenvalue weighted by atomic mass is 79.9. The maximum atomic E-state index is 12.2. The van der Waals surface area contributed by atoms with E-state index >= 15 is 0 Å². The first kappa shape index (κ1) is 15.9. The van der Waals surface area contributed by atoms with Crippen LogP contribution in [0.3, 0.4) is 0 Å². The van der Waals surface area contributed by atoms with Gasteiger partial charge in [0.15, 0.2) is 0 Å². The number of thiazole rings is 1. The molecular weight excluding hydrogens is 354 g/mol. The molecule has 7 heteroatoms. The fraction of sp³-hybridized carbons (Fsp3) is 0.286. The van der Waals surface area contributed by atoms with Crippen LogP contribution < -0.4 is 15.8 Å². The lowest BCUT2D eigenvalue weighted by Crippen LogP contribution is -2.14. The van der Waals surface area contributed by atoms with Crippen LogP contribution in [0.1, 0.15) is 22.4 Å². The number of carbonyl (C=O) groups is 1. The van der Waals surface area contributed by atoms with Crippen LogP contribution in [0, 0.1) is 0 Å². The summed E-state index contributed by atoms with van der Waals surface area (Å²) in [5.74, 6) is 0.375. The van der Waals surface area contributed by atoms with Crippen LogP contribution in [0.4, 0.5) is 5.69 Å². The number of rotatable bonds is 6. The van der Waals surface area contributed by atoms with Crippen molar-refractivity contribution in [2.75, 3.05) is 18.5 Å². The summed E-state index contributed by atoms with van der Waals surface area (Å²) in [5.41, 5.74) is 6.49. The van der Waals surface area contributed by atoms with Crippen molar-refractivity contribution in [2.24, 2.45) is 5.73 Å². The van der Waals surface area contributed by atoms with Crippen LogP contribution in [0.15, 0.2) is 28.1 Å². The molecule has 1 heterocycles. The van der Waals surface area contributed by atoms with E-state index < -0.39 is 0 Å². The minimum atomic E-state index is -0.256. The highest BCUT2D eigenvalue weighted by Crippen LogP contribution is 2.28. The minimum Gasteiger partial charge on any atom is -0.492 e. The Morgan fingerprint density at radius 1 is 1.52 bits per heavy atom. The van der Waals surface area contributed by atoms with Gasteiger partial charge < -0.3 is 15.8 Å². The monoisotopic (exact) mass is 369 g/mol. The fourth-order valence-corrected chi connectivity index (χ4v) is 2.88. The predicted octanol–water partition coefficient (Wildman–Crippen LogP) is 3.06. The summed E-state index contributed by atoms with van der Waals surface area (Å²) in [5, 5.41) is 5.42. The summed E-state index contributed by atoms with van der Waals surface area (Å²) in [7, 11) is 0. The van der Waals surface area contributed by atoms with Gasteiger partial charge >= 0.3 is 0 Å². The molecule has 0 radical (unpaired) electrons. The molecule has 0 aliphatic rings. The zero-order valence-electron chi connectivity index (χ0n) is 11.6. The van der Waals surface area contributed by atoms with Gasteiger partial charge in [-0.3, -0.25) is 4.79 Å². The molecular formula is C14H16BrN3O2S. The van der Waals surface area contributed by atoms with E-state index in [0.29, 0.717) is 36.7 Å². The molecule has 0 atom stereocenters. The number of hydrogen-bond donors (Lipinski definition) is 2. The highest BCUT2D eigenvalue weighted by molar-refractivity contribution is 9.10. The molecule has 0 bridgehead atoms. The summed E-state index contributed by atoms with van der Waals surface area (Å²) >= 11 is 4.82. The molecule has 0 aliphatic carbocycles. The van der Waals surface area contributed by atoms with Crippen molar-refractivity contribution in [3.05, 3.63) is 38.8 Å². The van der Waals surface area contributed by atoms with E-state index in [9.17, 15) is 4.79 Å². The van der Waals surface area contributed by atoms with Gasteiger partial charge in [-0.15, -0.1) is 11.3 Å². The summed E-state index contributed by atoms with van der Waals surface area (Å²) < 4.78 is 6.37. The molecule has 2 aromatic rings. The Morgan fingerprint density at radius 2 is 2.33 bits per heavy atom. The van der Waals surface area contributed by atoms with Crippen LogP contribution in [0.25, 0.3) is 0 Å². The van der Waals surface area contributed by atoms with Gasteiger partial charge in [0.1, 0.15) is 11.4 Å². The van der Waals surface area contributed by atoms with Crippen molar-refractivity contribution >= 4 is 38.9 Å². The Hall–Kier alpha value is -1.44. The average molecular weight is 370 g/mol. The first-order valence-corrected chi connectivity index (χ1v) is 8.19. The number of aromatic nitrogens is 1. The number of nitrogens with one attached hydrogen (secondary N) is 1. The standard InChI is InChI=1S/C14H16BrN3O2S/c1-2-20-12-4-3-9(15)7-10(12)18-14(19)11-8-21-13(17-11)5-6-16/h3-4,7-8H,2,5-6,16H2,1H3,(H,18,19). The van der Waals surface area contributed by atoms with E-state index in [2.05, 4.69) is 26.2 Å². The zero-order valence-corrected chi connectivity index (χ0v) is 14.0. The Labute approximate surface area is 135 Å². The van der Waals surface area contributed by atoms with Crippen LogP contribution in [0.5, 0.6) is 5.75 Å². The second kappa shape index (κ2) is 7.53. The van der Waals surface area contributed by atoms with Gasteiger partial charge in [-0.1, -0.05) is 15.9 Å². The van der Waals surface area contributed by atoms with Gasteiger partial charge in [0.05, 0.1) is 17.3 Å². The number of ether oxygens (including phenoxy) is 1. The molecule has 1 aromatic heterocycles. The summed E-state index contributed by atoms with van der Waals surface area (Å²) in [6.45, 7) is 2.95. The van der Waals surface area contributed by atoms with Crippen molar-refractivity contribution in [1.82, 2.24) is 4.98 Å². The fourth-order valence-electron chi connectivity index (χ4n) is 1.72. The Morgan fingerprint density at radius 3 is 3.05 bits per heavy atom. The lowest BCUT2D eigenvalue weighted by Gasteiger charge is -2.11. The van der Waals surface area contributed by atoms with Gasteiger partial charge in [0.2, 0.25) is 0 Å². The van der Waals surface area contributed by atoms with Crippen molar-refractivity contribution in [3.8, 4) is 5.75 Å². The molecule has 0 unspecified atom stereocenters. The molecule has 1 amide bonds. The first-order valence-electron chi connectivity index (χ1n) is 6.52. The third-order valence-corrected chi connectivity index (χ3v) is 4.03. The van der Waals surface area contributed by atoms with Crippen LogP contribution in [0.2, 0.25) is 0 Å². The van der Waals surface area contributed by atoms with E-state index in [4.69, 9.17) is 10.5 Å². The molecule has 0 aliphatic heterocycles. The normalized spacial score (nSPS) is 10.4. The first-order chi connectivity index (χ1) is 10.1. The Bertz CT molecular complexity index is 630. The third-order valence-electron chi connectivity index (χ3n) is 2.63. The molecule has 2 rings (SSSR count). The molecule has 1 aromatic carbocycles. The SMILES string of the molecule is CCOc1ccc(Br)cc1NC(=O)c1csc(CCN)n1. The maximum Gasteiger partial charge on any atom is 0.275 e. The summed E-state index contributed by atoms with van der Waals surface area (Å²) in [4.78, 5) is 16.5. The predicted molar refractivity (Wildman–Crippen MR) is 88.1 cm³/mol. The number of carbonyl (C=O) groups excluding carboxylic acids is 1.